The van der Waals surface area contributed by atoms with Gasteiger partial charge in [-0.25, -0.2) is 0 Å². The molecule has 0 nitrogen and oxygen atoms in total. The Morgan fingerprint density at radius 1 is 0.952 bits per heavy atom. The first-order valence-corrected chi connectivity index (χ1v) is 8.01. The first-order valence-electron chi connectivity index (χ1n) is 8.01. The fourth-order valence-corrected chi connectivity index (χ4v) is 4.11. The van der Waals surface area contributed by atoms with Crippen LogP contribution >= 0.6 is 0 Å². The van der Waals surface area contributed by atoms with Crippen LogP contribution in [0.2, 0.25) is 0 Å². The summed E-state index contributed by atoms with van der Waals surface area (Å²) in [6.07, 6.45) is 4.20. The number of rotatable bonds is 1. The van der Waals surface area contributed by atoms with Crippen molar-refractivity contribution in [3.8, 4) is 0 Å². The maximum Gasteiger partial charge on any atom is -0.00330 e. The van der Waals surface area contributed by atoms with Crippen molar-refractivity contribution in [3.05, 3.63) is 53.6 Å². The summed E-state index contributed by atoms with van der Waals surface area (Å²) in [6.45, 7) is 20.4. The van der Waals surface area contributed by atoms with E-state index < -0.39 is 0 Å². The number of hydrogen-bond acceptors (Lipinski definition) is 0. The lowest BCUT2D eigenvalue weighted by Gasteiger charge is -2.40. The van der Waals surface area contributed by atoms with Crippen molar-refractivity contribution in [3.63, 3.8) is 0 Å². The Morgan fingerprint density at radius 3 is 2.00 bits per heavy atom. The summed E-state index contributed by atoms with van der Waals surface area (Å²) >= 11 is 0. The second-order valence-electron chi connectivity index (χ2n) is 8.58. The van der Waals surface area contributed by atoms with Gasteiger partial charge in [0.05, 0.1) is 0 Å². The summed E-state index contributed by atoms with van der Waals surface area (Å²) in [5, 5.41) is 0. The monoisotopic (exact) mass is 282 g/mol. The molecule has 0 radical (unpaired) electrons. The Kier molecular flexibility index (Phi) is 3.95. The molecule has 1 aliphatic rings. The summed E-state index contributed by atoms with van der Waals surface area (Å²) in [6, 6.07) is 6.78. The van der Waals surface area contributed by atoms with E-state index in [0.29, 0.717) is 11.8 Å². The molecule has 0 bridgehead atoms. The third-order valence-electron chi connectivity index (χ3n) is 4.76. The van der Waals surface area contributed by atoms with Gasteiger partial charge in [0, 0.05) is 0 Å². The maximum atomic E-state index is 3.95. The SMILES string of the molecule is C=C/C=C1\c2c(C)cccc2C(C(C)(C)C)C1C(C)(C)C. The molecule has 1 aromatic carbocycles. The second-order valence-corrected chi connectivity index (χ2v) is 8.58. The van der Waals surface area contributed by atoms with Gasteiger partial charge < -0.3 is 0 Å². The van der Waals surface area contributed by atoms with Crippen molar-refractivity contribution >= 4 is 5.57 Å². The van der Waals surface area contributed by atoms with Gasteiger partial charge in [0.15, 0.2) is 0 Å². The van der Waals surface area contributed by atoms with Gasteiger partial charge in [-0.15, -0.1) is 0 Å². The van der Waals surface area contributed by atoms with Crippen LogP contribution in [0.3, 0.4) is 0 Å². The van der Waals surface area contributed by atoms with Gasteiger partial charge in [0.25, 0.3) is 0 Å². The zero-order chi connectivity index (χ0) is 16.0. The van der Waals surface area contributed by atoms with E-state index >= 15 is 0 Å². The lowest BCUT2D eigenvalue weighted by molar-refractivity contribution is 0.181. The van der Waals surface area contributed by atoms with Gasteiger partial charge in [-0.2, -0.15) is 0 Å². The molecule has 0 aromatic heterocycles. The molecule has 21 heavy (non-hydrogen) atoms. The molecule has 2 atom stereocenters. The van der Waals surface area contributed by atoms with E-state index in [4.69, 9.17) is 0 Å². The van der Waals surface area contributed by atoms with Crippen molar-refractivity contribution in [2.45, 2.75) is 54.4 Å². The van der Waals surface area contributed by atoms with Crippen molar-refractivity contribution in [2.75, 3.05) is 0 Å². The quantitative estimate of drug-likeness (QED) is 0.561. The number of fused-ring (bicyclic) bond motifs is 1. The van der Waals surface area contributed by atoms with E-state index in [1.165, 1.54) is 22.3 Å². The summed E-state index contributed by atoms with van der Waals surface area (Å²) in [5.74, 6) is 1.09. The van der Waals surface area contributed by atoms with E-state index in [1.807, 2.05) is 6.08 Å². The molecule has 1 aromatic rings. The topological polar surface area (TPSA) is 0 Å². The number of benzene rings is 1. The van der Waals surface area contributed by atoms with Crippen LogP contribution in [0, 0.1) is 23.7 Å². The Labute approximate surface area is 131 Å². The molecule has 0 N–H and O–H groups in total. The largest absolute Gasteiger partial charge is 0.0991 e. The highest BCUT2D eigenvalue weighted by Gasteiger charge is 2.47. The maximum absolute atomic E-state index is 3.95. The molecule has 2 rings (SSSR count). The van der Waals surface area contributed by atoms with Gasteiger partial charge in [-0.05, 0) is 51.9 Å². The van der Waals surface area contributed by atoms with Gasteiger partial charge in [0.1, 0.15) is 0 Å². The molecule has 0 heteroatoms. The zero-order valence-electron chi connectivity index (χ0n) is 14.7. The molecule has 0 amide bonds. The van der Waals surface area contributed by atoms with E-state index in [9.17, 15) is 0 Å². The third kappa shape index (κ3) is 2.73. The molecular weight excluding hydrogens is 252 g/mol. The fourth-order valence-electron chi connectivity index (χ4n) is 4.11. The van der Waals surface area contributed by atoms with E-state index in [1.54, 1.807) is 0 Å². The number of aryl methyl sites for hydroxylation is 1. The Morgan fingerprint density at radius 2 is 1.52 bits per heavy atom. The molecular formula is C21H30. The summed E-state index contributed by atoms with van der Waals surface area (Å²) in [4.78, 5) is 0. The average Bonchev–Trinajstić information content (AvgIpc) is 2.65. The molecule has 1 aliphatic carbocycles. The van der Waals surface area contributed by atoms with Crippen molar-refractivity contribution < 1.29 is 0 Å². The predicted octanol–water partition coefficient (Wildman–Crippen LogP) is 6.37. The molecule has 0 fully saturated rings. The van der Waals surface area contributed by atoms with E-state index in [0.717, 1.165) is 0 Å². The Hall–Kier alpha value is -1.30. The van der Waals surface area contributed by atoms with Crippen molar-refractivity contribution in [1.82, 2.24) is 0 Å². The highest BCUT2D eigenvalue weighted by Crippen LogP contribution is 2.59. The van der Waals surface area contributed by atoms with Crippen molar-refractivity contribution in [1.29, 1.82) is 0 Å². The molecule has 0 saturated heterocycles. The van der Waals surface area contributed by atoms with Crippen LogP contribution in [0.5, 0.6) is 0 Å². The van der Waals surface area contributed by atoms with E-state index in [-0.39, 0.29) is 10.8 Å². The molecule has 114 valence electrons. The summed E-state index contributed by atoms with van der Waals surface area (Å²) in [5.41, 5.74) is 6.34. The molecule has 2 unspecified atom stereocenters. The highest BCUT2D eigenvalue weighted by molar-refractivity contribution is 5.80. The van der Waals surface area contributed by atoms with Crippen LogP contribution in [0.1, 0.15) is 64.2 Å². The number of hydrogen-bond donors (Lipinski definition) is 0. The summed E-state index contributed by atoms with van der Waals surface area (Å²) < 4.78 is 0. The highest BCUT2D eigenvalue weighted by atomic mass is 14.5. The Balaban J connectivity index is 2.79. The lowest BCUT2D eigenvalue weighted by atomic mass is 9.63. The zero-order valence-corrected chi connectivity index (χ0v) is 14.7. The number of allylic oxidation sites excluding steroid dienone is 3. The Bertz CT molecular complexity index is 573. The van der Waals surface area contributed by atoms with Crippen LogP contribution < -0.4 is 0 Å². The first kappa shape index (κ1) is 16.1. The molecule has 0 spiro atoms. The third-order valence-corrected chi connectivity index (χ3v) is 4.76. The van der Waals surface area contributed by atoms with Crippen LogP contribution in [0.15, 0.2) is 36.9 Å². The smallest absolute Gasteiger partial charge is 0.00330 e. The van der Waals surface area contributed by atoms with Gasteiger partial charge in [0.2, 0.25) is 0 Å². The first-order chi connectivity index (χ1) is 9.59. The predicted molar refractivity (Wildman–Crippen MR) is 94.5 cm³/mol. The minimum absolute atomic E-state index is 0.234. The molecule has 0 aliphatic heterocycles. The lowest BCUT2D eigenvalue weighted by Crippen LogP contribution is -2.31. The minimum Gasteiger partial charge on any atom is -0.0991 e. The van der Waals surface area contributed by atoms with E-state index in [2.05, 4.69) is 79.3 Å². The van der Waals surface area contributed by atoms with Crippen LogP contribution in [0.4, 0.5) is 0 Å². The standard InChI is InChI=1S/C21H30/c1-9-11-15-17-14(2)12-10-13-16(17)19(21(6,7)8)18(15)20(3,4)5/h9-13,18-19H,1H2,2-8H3/b15-11+. The average molecular weight is 282 g/mol. The van der Waals surface area contributed by atoms with Gasteiger partial charge in [-0.1, -0.05) is 78.5 Å². The van der Waals surface area contributed by atoms with Crippen LogP contribution in [-0.2, 0) is 0 Å². The van der Waals surface area contributed by atoms with Gasteiger partial charge in [-0.3, -0.25) is 0 Å². The van der Waals surface area contributed by atoms with Crippen LogP contribution in [-0.4, -0.2) is 0 Å². The normalized spacial score (nSPS) is 24.2. The second kappa shape index (κ2) is 5.16. The molecule has 0 heterocycles. The van der Waals surface area contributed by atoms with Crippen molar-refractivity contribution in [2.24, 2.45) is 16.7 Å². The molecule has 0 saturated carbocycles. The minimum atomic E-state index is 0.234. The summed E-state index contributed by atoms with van der Waals surface area (Å²) in [7, 11) is 0. The van der Waals surface area contributed by atoms with Crippen LogP contribution in [0.25, 0.3) is 5.57 Å². The fraction of sp³-hybridized carbons (Fsp3) is 0.524. The van der Waals surface area contributed by atoms with Gasteiger partial charge >= 0.3 is 0 Å².